The number of ether oxygens (including phenoxy) is 1. The minimum Gasteiger partial charge on any atom is -0.424 e. The molecule has 0 saturated heterocycles. The molecule has 0 radical (unpaired) electrons. The van der Waals surface area contributed by atoms with E-state index in [0.717, 1.165) is 0 Å². The molecule has 0 saturated carbocycles. The van der Waals surface area contributed by atoms with Gasteiger partial charge in [0.25, 0.3) is 0 Å². The van der Waals surface area contributed by atoms with Crippen molar-refractivity contribution in [2.45, 2.75) is 6.92 Å². The number of hydrogen-bond acceptors (Lipinski definition) is 4. The summed E-state index contributed by atoms with van der Waals surface area (Å²) in [6, 6.07) is 7.24. The van der Waals surface area contributed by atoms with E-state index in [1.54, 1.807) is 19.1 Å². The fraction of sp³-hybridized carbons (Fsp3) is 0.0833. The van der Waals surface area contributed by atoms with E-state index in [0.29, 0.717) is 5.69 Å². The summed E-state index contributed by atoms with van der Waals surface area (Å²) in [5.74, 6) is -0.299. The van der Waals surface area contributed by atoms with Gasteiger partial charge < -0.3 is 10.5 Å². The van der Waals surface area contributed by atoms with Crippen molar-refractivity contribution in [2.24, 2.45) is 5.73 Å². The van der Waals surface area contributed by atoms with Crippen LogP contribution >= 0.6 is 0 Å². The lowest BCUT2D eigenvalue weighted by molar-refractivity contribution is 0.436. The van der Waals surface area contributed by atoms with Gasteiger partial charge in [-0.15, -0.1) is 0 Å². The van der Waals surface area contributed by atoms with Crippen molar-refractivity contribution in [2.75, 3.05) is 0 Å². The standard InChI is InChI=1S/C12H11FN4O/c1-7-5-10(11(14)15)17-12(16-7)18-9-4-2-3-8(13)6-9/h2-6H,1H3,(H3,14,15). The molecule has 5 nitrogen and oxygen atoms in total. The predicted octanol–water partition coefficient (Wildman–Crippen LogP) is 2.00. The van der Waals surface area contributed by atoms with Crippen LogP contribution in [0, 0.1) is 18.2 Å². The van der Waals surface area contributed by atoms with Gasteiger partial charge in [-0.25, -0.2) is 9.37 Å². The third kappa shape index (κ3) is 2.79. The maximum atomic E-state index is 13.0. The van der Waals surface area contributed by atoms with Gasteiger partial charge in [0.1, 0.15) is 23.1 Å². The SMILES string of the molecule is Cc1cc(C(=N)N)nc(Oc2cccc(F)c2)n1. The van der Waals surface area contributed by atoms with Gasteiger partial charge in [-0.1, -0.05) is 6.07 Å². The van der Waals surface area contributed by atoms with Gasteiger partial charge in [-0.05, 0) is 25.1 Å². The molecule has 3 N–H and O–H groups in total. The van der Waals surface area contributed by atoms with Crippen LogP contribution in [0.15, 0.2) is 30.3 Å². The second-order valence-corrected chi connectivity index (χ2v) is 3.65. The highest BCUT2D eigenvalue weighted by molar-refractivity contribution is 5.93. The minimum atomic E-state index is -0.410. The molecule has 0 aliphatic carbocycles. The smallest absolute Gasteiger partial charge is 0.322 e. The third-order valence-corrected chi connectivity index (χ3v) is 2.11. The van der Waals surface area contributed by atoms with Crippen molar-refractivity contribution in [1.29, 1.82) is 5.41 Å². The van der Waals surface area contributed by atoms with Crippen LogP contribution in [0.25, 0.3) is 0 Å². The number of benzene rings is 1. The largest absolute Gasteiger partial charge is 0.424 e. The molecule has 0 amide bonds. The van der Waals surface area contributed by atoms with E-state index >= 15 is 0 Å². The van der Waals surface area contributed by atoms with Gasteiger partial charge in [0.15, 0.2) is 0 Å². The van der Waals surface area contributed by atoms with Gasteiger partial charge in [0.05, 0.1) is 0 Å². The van der Waals surface area contributed by atoms with Gasteiger partial charge in [0, 0.05) is 11.8 Å². The van der Waals surface area contributed by atoms with E-state index in [4.69, 9.17) is 15.9 Å². The van der Waals surface area contributed by atoms with Gasteiger partial charge in [0.2, 0.25) is 0 Å². The quantitative estimate of drug-likeness (QED) is 0.640. The van der Waals surface area contributed by atoms with E-state index in [2.05, 4.69) is 9.97 Å². The summed E-state index contributed by atoms with van der Waals surface area (Å²) in [4.78, 5) is 7.99. The van der Waals surface area contributed by atoms with Crippen molar-refractivity contribution < 1.29 is 9.13 Å². The highest BCUT2D eigenvalue weighted by Gasteiger charge is 2.07. The Morgan fingerprint density at radius 3 is 2.78 bits per heavy atom. The maximum absolute atomic E-state index is 13.0. The molecule has 0 aliphatic rings. The number of rotatable bonds is 3. The summed E-state index contributed by atoms with van der Waals surface area (Å²) in [6.45, 7) is 1.73. The monoisotopic (exact) mass is 246 g/mol. The second-order valence-electron chi connectivity index (χ2n) is 3.65. The average Bonchev–Trinajstić information content (AvgIpc) is 2.28. The first kappa shape index (κ1) is 12.0. The second kappa shape index (κ2) is 4.79. The molecule has 6 heteroatoms. The number of hydrogen-bond donors (Lipinski definition) is 2. The first-order chi connectivity index (χ1) is 8.54. The van der Waals surface area contributed by atoms with Gasteiger partial charge >= 0.3 is 6.01 Å². The molecule has 0 unspecified atom stereocenters. The van der Waals surface area contributed by atoms with E-state index in [1.807, 2.05) is 0 Å². The summed E-state index contributed by atoms with van der Waals surface area (Å²) in [6.07, 6.45) is 0. The van der Waals surface area contributed by atoms with Crippen LogP contribution in [0.4, 0.5) is 4.39 Å². The lowest BCUT2D eigenvalue weighted by Gasteiger charge is -2.06. The number of nitrogen functional groups attached to an aromatic ring is 1. The molecule has 92 valence electrons. The van der Waals surface area contributed by atoms with Crippen molar-refractivity contribution >= 4 is 5.84 Å². The summed E-state index contributed by atoms with van der Waals surface area (Å²) >= 11 is 0. The number of aromatic nitrogens is 2. The van der Waals surface area contributed by atoms with Gasteiger partial charge in [-0.2, -0.15) is 4.98 Å². The Bertz CT molecular complexity index is 600. The molecule has 2 aromatic rings. The number of amidine groups is 1. The van der Waals surface area contributed by atoms with Crippen molar-refractivity contribution in [3.8, 4) is 11.8 Å². The molecule has 0 atom stereocenters. The molecule has 1 aromatic heterocycles. The molecular formula is C12H11FN4O. The number of nitrogens with one attached hydrogen (secondary N) is 1. The highest BCUT2D eigenvalue weighted by Crippen LogP contribution is 2.19. The van der Waals surface area contributed by atoms with Crippen LogP contribution in [0.3, 0.4) is 0 Å². The number of nitrogens with zero attached hydrogens (tertiary/aromatic N) is 2. The van der Waals surface area contributed by atoms with Crippen molar-refractivity contribution in [3.63, 3.8) is 0 Å². The topological polar surface area (TPSA) is 84.9 Å². The minimum absolute atomic E-state index is 0.0331. The summed E-state index contributed by atoms with van der Waals surface area (Å²) in [5.41, 5.74) is 6.23. The Labute approximate surface area is 103 Å². The van der Waals surface area contributed by atoms with Crippen LogP contribution in [-0.2, 0) is 0 Å². The highest BCUT2D eigenvalue weighted by atomic mass is 19.1. The van der Waals surface area contributed by atoms with Crippen molar-refractivity contribution in [1.82, 2.24) is 9.97 Å². The first-order valence-corrected chi connectivity index (χ1v) is 5.18. The van der Waals surface area contributed by atoms with E-state index < -0.39 is 5.82 Å². The summed E-state index contributed by atoms with van der Waals surface area (Å²) in [5, 5.41) is 7.31. The molecule has 0 aliphatic heterocycles. The Hall–Kier alpha value is -2.50. The Kier molecular flexibility index (Phi) is 3.18. The van der Waals surface area contributed by atoms with Crippen LogP contribution in [0.2, 0.25) is 0 Å². The molecule has 18 heavy (non-hydrogen) atoms. The average molecular weight is 246 g/mol. The zero-order valence-corrected chi connectivity index (χ0v) is 9.64. The molecule has 2 rings (SSSR count). The summed E-state index contributed by atoms with van der Waals surface area (Å²) < 4.78 is 18.3. The third-order valence-electron chi connectivity index (χ3n) is 2.11. The van der Waals surface area contributed by atoms with Crippen LogP contribution in [0.1, 0.15) is 11.4 Å². The van der Waals surface area contributed by atoms with E-state index in [9.17, 15) is 4.39 Å². The van der Waals surface area contributed by atoms with Crippen LogP contribution in [-0.4, -0.2) is 15.8 Å². The zero-order chi connectivity index (χ0) is 13.1. The Morgan fingerprint density at radius 1 is 1.33 bits per heavy atom. The van der Waals surface area contributed by atoms with Crippen LogP contribution in [0.5, 0.6) is 11.8 Å². The van der Waals surface area contributed by atoms with E-state index in [1.165, 1.54) is 18.2 Å². The summed E-state index contributed by atoms with van der Waals surface area (Å²) in [7, 11) is 0. The molecule has 1 aromatic carbocycles. The number of aryl methyl sites for hydroxylation is 1. The zero-order valence-electron chi connectivity index (χ0n) is 9.64. The normalized spacial score (nSPS) is 10.1. The molecule has 0 bridgehead atoms. The van der Waals surface area contributed by atoms with Crippen LogP contribution < -0.4 is 10.5 Å². The number of halogens is 1. The van der Waals surface area contributed by atoms with Gasteiger partial charge in [-0.3, -0.25) is 5.41 Å². The molecule has 0 fully saturated rings. The molecule has 1 heterocycles. The van der Waals surface area contributed by atoms with Crippen molar-refractivity contribution in [3.05, 3.63) is 47.5 Å². The van der Waals surface area contributed by atoms with E-state index in [-0.39, 0.29) is 23.3 Å². The maximum Gasteiger partial charge on any atom is 0.322 e. The lowest BCUT2D eigenvalue weighted by atomic mass is 10.3. The first-order valence-electron chi connectivity index (χ1n) is 5.18. The fourth-order valence-electron chi connectivity index (χ4n) is 1.36. The molecule has 0 spiro atoms. The fourth-order valence-corrected chi connectivity index (χ4v) is 1.36. The number of nitrogens with two attached hydrogens (primary N) is 1. The Balaban J connectivity index is 2.31. The lowest BCUT2D eigenvalue weighted by Crippen LogP contribution is -2.14. The Morgan fingerprint density at radius 2 is 2.11 bits per heavy atom. The predicted molar refractivity (Wildman–Crippen MR) is 64.3 cm³/mol. The molecular weight excluding hydrogens is 235 g/mol.